The van der Waals surface area contributed by atoms with E-state index in [-0.39, 0.29) is 11.4 Å². The van der Waals surface area contributed by atoms with Crippen LogP contribution in [0.2, 0.25) is 0 Å². The van der Waals surface area contributed by atoms with Gasteiger partial charge in [0.25, 0.3) is 0 Å². The number of unbranched alkanes of at least 4 members (excludes halogenated alkanes) is 1. The first-order valence-electron chi connectivity index (χ1n) is 11.0. The maximum atomic E-state index is 13.5. The quantitative estimate of drug-likeness (QED) is 0.525. The Morgan fingerprint density at radius 3 is 2.61 bits per heavy atom. The fourth-order valence-electron chi connectivity index (χ4n) is 4.54. The summed E-state index contributed by atoms with van der Waals surface area (Å²) in [4.78, 5) is 2.40. The number of anilines is 1. The summed E-state index contributed by atoms with van der Waals surface area (Å²) >= 11 is 0. The Kier molecular flexibility index (Phi) is 6.99. The van der Waals surface area contributed by atoms with Gasteiger partial charge in [-0.1, -0.05) is 24.6 Å². The highest BCUT2D eigenvalue weighted by atomic mass is 19.1. The lowest BCUT2D eigenvalue weighted by atomic mass is 9.88. The van der Waals surface area contributed by atoms with Crippen LogP contribution in [0.4, 0.5) is 10.1 Å². The summed E-state index contributed by atoms with van der Waals surface area (Å²) in [5, 5.41) is 8.26. The van der Waals surface area contributed by atoms with Gasteiger partial charge in [-0.15, -0.1) is 0 Å². The molecule has 0 bridgehead atoms. The zero-order valence-corrected chi connectivity index (χ0v) is 18.1. The highest BCUT2D eigenvalue weighted by Gasteiger charge is 2.38. The number of halogens is 1. The third kappa shape index (κ3) is 5.14. The molecule has 3 aromatic rings. The number of aryl methyl sites for hydroxylation is 1. The minimum absolute atomic E-state index is 0.131. The maximum absolute atomic E-state index is 13.5. The summed E-state index contributed by atoms with van der Waals surface area (Å²) in [7, 11) is 1.76. The van der Waals surface area contributed by atoms with Crippen molar-refractivity contribution in [1.82, 2.24) is 15.1 Å². The molecule has 0 saturated carbocycles. The lowest BCUT2D eigenvalue weighted by molar-refractivity contribution is 0.110. The number of ether oxygens (including phenoxy) is 1. The first-order valence-corrected chi connectivity index (χ1v) is 11.0. The highest BCUT2D eigenvalue weighted by molar-refractivity contribution is 5.50. The fraction of sp³-hybridized carbons (Fsp3) is 0.400. The van der Waals surface area contributed by atoms with Crippen molar-refractivity contribution in [2.75, 3.05) is 38.3 Å². The van der Waals surface area contributed by atoms with E-state index in [0.29, 0.717) is 6.61 Å². The fourth-order valence-corrected chi connectivity index (χ4v) is 4.54. The molecular weight excluding hydrogens is 391 g/mol. The number of piperazine rings is 1. The van der Waals surface area contributed by atoms with Gasteiger partial charge in [0.05, 0.1) is 23.5 Å². The van der Waals surface area contributed by atoms with Gasteiger partial charge in [-0.05, 0) is 61.7 Å². The zero-order chi connectivity index (χ0) is 21.5. The van der Waals surface area contributed by atoms with Crippen molar-refractivity contribution >= 4 is 5.69 Å². The van der Waals surface area contributed by atoms with Crippen LogP contribution in [0.25, 0.3) is 5.69 Å². The molecule has 1 N–H and O–H groups in total. The van der Waals surface area contributed by atoms with Crippen LogP contribution in [0.5, 0.6) is 0 Å². The first kappa shape index (κ1) is 21.5. The second kappa shape index (κ2) is 10.1. The first-order chi connectivity index (χ1) is 15.2. The molecular formula is C25H31FN4O. The number of hydrogen-bond acceptors (Lipinski definition) is 4. The molecule has 2 heterocycles. The van der Waals surface area contributed by atoms with E-state index >= 15 is 0 Å². The number of methoxy groups -OCH3 is 1. The molecule has 1 fully saturated rings. The number of nitrogens with one attached hydrogen (secondary N) is 1. The van der Waals surface area contributed by atoms with Crippen molar-refractivity contribution in [3.05, 3.63) is 78.4 Å². The second-order valence-electron chi connectivity index (χ2n) is 8.26. The SMILES string of the molecule is COCC1(CCCCc2ccn(-c3ccccc3)n2)CNCCN1c1ccc(F)cc1. The molecule has 1 aliphatic heterocycles. The smallest absolute Gasteiger partial charge is 0.123 e. The molecule has 4 rings (SSSR count). The number of benzene rings is 2. The Morgan fingerprint density at radius 2 is 1.84 bits per heavy atom. The molecule has 0 spiro atoms. The van der Waals surface area contributed by atoms with Crippen molar-refractivity contribution < 1.29 is 9.13 Å². The Hall–Kier alpha value is -2.70. The van der Waals surface area contributed by atoms with Gasteiger partial charge in [0, 0.05) is 38.6 Å². The summed E-state index contributed by atoms with van der Waals surface area (Å²) < 4.78 is 21.0. The van der Waals surface area contributed by atoms with Crippen LogP contribution in [0, 0.1) is 5.82 Å². The van der Waals surface area contributed by atoms with Crippen LogP contribution in [0.1, 0.15) is 25.0 Å². The van der Waals surface area contributed by atoms with E-state index in [1.165, 1.54) is 12.1 Å². The van der Waals surface area contributed by atoms with Gasteiger partial charge in [-0.25, -0.2) is 9.07 Å². The average molecular weight is 423 g/mol. The van der Waals surface area contributed by atoms with Gasteiger partial charge >= 0.3 is 0 Å². The summed E-state index contributed by atoms with van der Waals surface area (Å²) in [6, 6.07) is 19.1. The lowest BCUT2D eigenvalue weighted by Gasteiger charge is -2.49. The van der Waals surface area contributed by atoms with Gasteiger partial charge in [0.15, 0.2) is 0 Å². The molecule has 0 amide bonds. The van der Waals surface area contributed by atoms with E-state index in [1.54, 1.807) is 7.11 Å². The second-order valence-corrected chi connectivity index (χ2v) is 8.26. The monoisotopic (exact) mass is 422 g/mol. The minimum Gasteiger partial charge on any atom is -0.382 e. The molecule has 0 aliphatic carbocycles. The van der Waals surface area contributed by atoms with Crippen molar-refractivity contribution in [3.63, 3.8) is 0 Å². The van der Waals surface area contributed by atoms with Crippen molar-refractivity contribution in [2.45, 2.75) is 31.2 Å². The van der Waals surface area contributed by atoms with E-state index in [4.69, 9.17) is 9.84 Å². The van der Waals surface area contributed by atoms with Crippen LogP contribution >= 0.6 is 0 Å². The van der Waals surface area contributed by atoms with E-state index in [2.05, 4.69) is 28.4 Å². The van der Waals surface area contributed by atoms with Crippen molar-refractivity contribution in [2.24, 2.45) is 0 Å². The predicted molar refractivity (Wildman–Crippen MR) is 122 cm³/mol. The predicted octanol–water partition coefficient (Wildman–Crippen LogP) is 4.22. The van der Waals surface area contributed by atoms with Crippen LogP contribution in [0.3, 0.4) is 0 Å². The van der Waals surface area contributed by atoms with E-state index in [9.17, 15) is 4.39 Å². The molecule has 164 valence electrons. The number of aromatic nitrogens is 2. The lowest BCUT2D eigenvalue weighted by Crippen LogP contribution is -2.64. The minimum atomic E-state index is -0.203. The number of hydrogen-bond donors (Lipinski definition) is 1. The van der Waals surface area contributed by atoms with E-state index in [1.807, 2.05) is 41.2 Å². The van der Waals surface area contributed by atoms with Crippen LogP contribution in [-0.2, 0) is 11.2 Å². The number of para-hydroxylation sites is 1. The van der Waals surface area contributed by atoms with Gasteiger partial charge in [-0.2, -0.15) is 5.10 Å². The Balaban J connectivity index is 1.38. The molecule has 31 heavy (non-hydrogen) atoms. The summed E-state index contributed by atoms with van der Waals surface area (Å²) in [6.07, 6.45) is 6.12. The topological polar surface area (TPSA) is 42.3 Å². The van der Waals surface area contributed by atoms with Gasteiger partial charge < -0.3 is 15.0 Å². The summed E-state index contributed by atoms with van der Waals surface area (Å²) in [6.45, 7) is 3.30. The molecule has 2 aromatic carbocycles. The molecule has 1 atom stereocenters. The highest BCUT2D eigenvalue weighted by Crippen LogP contribution is 2.31. The Labute approximate surface area is 183 Å². The largest absolute Gasteiger partial charge is 0.382 e. The Morgan fingerprint density at radius 1 is 1.03 bits per heavy atom. The molecule has 1 saturated heterocycles. The third-order valence-corrected chi connectivity index (χ3v) is 6.08. The van der Waals surface area contributed by atoms with Crippen LogP contribution in [-0.4, -0.2) is 48.7 Å². The van der Waals surface area contributed by atoms with Gasteiger partial charge in [0.1, 0.15) is 5.82 Å². The average Bonchev–Trinajstić information content (AvgIpc) is 3.28. The van der Waals surface area contributed by atoms with Gasteiger partial charge in [0.2, 0.25) is 0 Å². The van der Waals surface area contributed by atoms with Crippen LogP contribution < -0.4 is 10.2 Å². The van der Waals surface area contributed by atoms with E-state index in [0.717, 1.165) is 62.4 Å². The third-order valence-electron chi connectivity index (χ3n) is 6.08. The standard InChI is InChI=1S/C25H31FN4O/c1-31-20-25(19-27-16-18-29(25)23-12-10-21(26)11-13-23)15-6-5-7-22-14-17-30(28-22)24-8-3-2-4-9-24/h2-4,8-14,17,27H,5-7,15-16,18-20H2,1H3. The van der Waals surface area contributed by atoms with Crippen molar-refractivity contribution in [3.8, 4) is 5.69 Å². The summed E-state index contributed by atoms with van der Waals surface area (Å²) in [5.41, 5.74) is 3.12. The zero-order valence-electron chi connectivity index (χ0n) is 18.1. The van der Waals surface area contributed by atoms with Crippen LogP contribution in [0.15, 0.2) is 66.9 Å². The molecule has 1 aliphatic rings. The van der Waals surface area contributed by atoms with E-state index < -0.39 is 0 Å². The summed E-state index contributed by atoms with van der Waals surface area (Å²) in [5.74, 6) is -0.203. The number of rotatable bonds is 9. The maximum Gasteiger partial charge on any atom is 0.123 e. The van der Waals surface area contributed by atoms with Gasteiger partial charge in [-0.3, -0.25) is 0 Å². The molecule has 0 radical (unpaired) electrons. The molecule has 1 aromatic heterocycles. The van der Waals surface area contributed by atoms with Crippen molar-refractivity contribution in [1.29, 1.82) is 0 Å². The molecule has 6 heteroatoms. The number of nitrogens with zero attached hydrogens (tertiary/aromatic N) is 3. The molecule has 1 unspecified atom stereocenters. The molecule has 5 nitrogen and oxygen atoms in total. The normalized spacial score (nSPS) is 19.0. The Bertz CT molecular complexity index is 940.